The van der Waals surface area contributed by atoms with Crippen LogP contribution < -0.4 is 15.2 Å². The molecular formula is C13H13N3O2. The summed E-state index contributed by atoms with van der Waals surface area (Å²) in [5.74, 6) is 2.18. The Kier molecular flexibility index (Phi) is 2.33. The molecule has 5 nitrogen and oxygen atoms in total. The SMILES string of the molecule is Cc1nc(C)c(N)c(-c2ccc3c(c2)OCO3)n1. The second kappa shape index (κ2) is 3.87. The van der Waals surface area contributed by atoms with Gasteiger partial charge in [0, 0.05) is 5.56 Å². The number of nitrogens with zero attached hydrogens (tertiary/aromatic N) is 2. The van der Waals surface area contributed by atoms with Gasteiger partial charge in [0.1, 0.15) is 5.82 Å². The molecule has 1 aromatic carbocycles. The topological polar surface area (TPSA) is 70.3 Å². The van der Waals surface area contributed by atoms with Gasteiger partial charge in [-0.25, -0.2) is 9.97 Å². The number of nitrogen functional groups attached to an aromatic ring is 1. The van der Waals surface area contributed by atoms with Crippen LogP contribution in [0.4, 0.5) is 5.69 Å². The third-order valence-electron chi connectivity index (χ3n) is 2.89. The molecule has 0 bridgehead atoms. The Morgan fingerprint density at radius 1 is 1.11 bits per heavy atom. The molecule has 1 aliphatic rings. The van der Waals surface area contributed by atoms with Crippen molar-refractivity contribution < 1.29 is 9.47 Å². The lowest BCUT2D eigenvalue weighted by atomic mass is 10.1. The summed E-state index contributed by atoms with van der Waals surface area (Å²) in [5.41, 5.74) is 9.06. The number of benzene rings is 1. The lowest BCUT2D eigenvalue weighted by molar-refractivity contribution is 0.174. The van der Waals surface area contributed by atoms with Crippen LogP contribution in [0.5, 0.6) is 11.5 Å². The maximum Gasteiger partial charge on any atom is 0.231 e. The molecule has 5 heteroatoms. The fourth-order valence-electron chi connectivity index (χ4n) is 1.99. The van der Waals surface area contributed by atoms with E-state index in [4.69, 9.17) is 15.2 Å². The maximum absolute atomic E-state index is 6.03. The van der Waals surface area contributed by atoms with Gasteiger partial charge >= 0.3 is 0 Å². The Morgan fingerprint density at radius 3 is 2.72 bits per heavy atom. The second-order valence-corrected chi connectivity index (χ2v) is 4.19. The monoisotopic (exact) mass is 243 g/mol. The van der Waals surface area contributed by atoms with E-state index in [1.54, 1.807) is 0 Å². The summed E-state index contributed by atoms with van der Waals surface area (Å²) >= 11 is 0. The van der Waals surface area contributed by atoms with Gasteiger partial charge in [0.25, 0.3) is 0 Å². The first-order valence-corrected chi connectivity index (χ1v) is 5.66. The van der Waals surface area contributed by atoms with Crippen molar-refractivity contribution in [3.63, 3.8) is 0 Å². The van der Waals surface area contributed by atoms with Crippen LogP contribution in [0.25, 0.3) is 11.3 Å². The van der Waals surface area contributed by atoms with E-state index < -0.39 is 0 Å². The number of hydrogen-bond acceptors (Lipinski definition) is 5. The number of nitrogens with two attached hydrogens (primary N) is 1. The Morgan fingerprint density at radius 2 is 1.89 bits per heavy atom. The van der Waals surface area contributed by atoms with Crippen molar-refractivity contribution in [2.75, 3.05) is 12.5 Å². The first kappa shape index (κ1) is 10.8. The predicted molar refractivity (Wildman–Crippen MR) is 67.5 cm³/mol. The first-order chi connectivity index (χ1) is 8.65. The highest BCUT2D eigenvalue weighted by molar-refractivity contribution is 5.75. The fraction of sp³-hybridized carbons (Fsp3) is 0.231. The van der Waals surface area contributed by atoms with Crippen molar-refractivity contribution in [1.82, 2.24) is 9.97 Å². The van der Waals surface area contributed by atoms with E-state index in [9.17, 15) is 0 Å². The second-order valence-electron chi connectivity index (χ2n) is 4.19. The molecule has 2 aromatic rings. The van der Waals surface area contributed by atoms with E-state index in [2.05, 4.69) is 9.97 Å². The zero-order chi connectivity index (χ0) is 12.7. The van der Waals surface area contributed by atoms with Crippen molar-refractivity contribution in [3.8, 4) is 22.8 Å². The normalized spacial score (nSPS) is 12.8. The summed E-state index contributed by atoms with van der Waals surface area (Å²) in [6.45, 7) is 3.99. The van der Waals surface area contributed by atoms with Gasteiger partial charge in [-0.2, -0.15) is 0 Å². The van der Waals surface area contributed by atoms with Crippen molar-refractivity contribution in [2.24, 2.45) is 0 Å². The molecule has 2 N–H and O–H groups in total. The minimum Gasteiger partial charge on any atom is -0.454 e. The quantitative estimate of drug-likeness (QED) is 0.830. The van der Waals surface area contributed by atoms with Gasteiger partial charge in [0.15, 0.2) is 11.5 Å². The van der Waals surface area contributed by atoms with E-state index in [0.29, 0.717) is 11.5 Å². The summed E-state index contributed by atoms with van der Waals surface area (Å²) in [6.07, 6.45) is 0. The molecule has 0 spiro atoms. The molecule has 3 rings (SSSR count). The standard InChI is InChI=1S/C13H13N3O2/c1-7-12(14)13(16-8(2)15-7)9-3-4-10-11(5-9)18-6-17-10/h3-5H,6,14H2,1-2H3. The molecule has 1 aliphatic heterocycles. The van der Waals surface area contributed by atoms with Crippen molar-refractivity contribution in [2.45, 2.75) is 13.8 Å². The predicted octanol–water partition coefficient (Wildman–Crippen LogP) is 2.07. The Labute approximate surface area is 105 Å². The molecule has 0 saturated carbocycles. The number of rotatable bonds is 1. The van der Waals surface area contributed by atoms with Crippen LogP contribution in [-0.2, 0) is 0 Å². The Hall–Kier alpha value is -2.30. The summed E-state index contributed by atoms with van der Waals surface area (Å²) in [7, 11) is 0. The lowest BCUT2D eigenvalue weighted by Crippen LogP contribution is -2.02. The number of anilines is 1. The van der Waals surface area contributed by atoms with Crippen LogP contribution in [0, 0.1) is 13.8 Å². The lowest BCUT2D eigenvalue weighted by Gasteiger charge is -2.09. The van der Waals surface area contributed by atoms with E-state index in [1.807, 2.05) is 32.0 Å². The van der Waals surface area contributed by atoms with Crippen molar-refractivity contribution >= 4 is 5.69 Å². The minimum absolute atomic E-state index is 0.260. The molecule has 92 valence electrons. The van der Waals surface area contributed by atoms with Gasteiger partial charge < -0.3 is 15.2 Å². The molecule has 0 radical (unpaired) electrons. The summed E-state index contributed by atoms with van der Waals surface area (Å²) in [4.78, 5) is 8.64. The van der Waals surface area contributed by atoms with Gasteiger partial charge in [0.05, 0.1) is 17.1 Å². The number of aryl methyl sites for hydroxylation is 2. The van der Waals surface area contributed by atoms with Crippen molar-refractivity contribution in [1.29, 1.82) is 0 Å². The molecule has 0 unspecified atom stereocenters. The number of hydrogen-bond donors (Lipinski definition) is 1. The molecule has 0 aliphatic carbocycles. The van der Waals surface area contributed by atoms with E-state index in [1.165, 1.54) is 0 Å². The Bertz CT molecular complexity index is 626. The summed E-state index contributed by atoms with van der Waals surface area (Å²) in [5, 5.41) is 0. The largest absolute Gasteiger partial charge is 0.454 e. The minimum atomic E-state index is 0.260. The van der Waals surface area contributed by atoms with Crippen LogP contribution in [0.2, 0.25) is 0 Å². The molecule has 0 fully saturated rings. The summed E-state index contributed by atoms with van der Waals surface area (Å²) < 4.78 is 10.6. The maximum atomic E-state index is 6.03. The smallest absolute Gasteiger partial charge is 0.231 e. The van der Waals surface area contributed by atoms with Gasteiger partial charge in [-0.15, -0.1) is 0 Å². The average molecular weight is 243 g/mol. The molecule has 18 heavy (non-hydrogen) atoms. The van der Waals surface area contributed by atoms with Crippen LogP contribution in [0.15, 0.2) is 18.2 Å². The number of ether oxygens (including phenoxy) is 2. The average Bonchev–Trinajstić information content (AvgIpc) is 2.80. The molecule has 0 saturated heterocycles. The van der Waals surface area contributed by atoms with Crippen LogP contribution in [0.1, 0.15) is 11.5 Å². The van der Waals surface area contributed by atoms with E-state index >= 15 is 0 Å². The Balaban J connectivity index is 2.15. The molecular weight excluding hydrogens is 230 g/mol. The van der Waals surface area contributed by atoms with Crippen LogP contribution in [-0.4, -0.2) is 16.8 Å². The number of aromatic nitrogens is 2. The summed E-state index contributed by atoms with van der Waals surface area (Å²) in [6, 6.07) is 5.68. The first-order valence-electron chi connectivity index (χ1n) is 5.66. The van der Waals surface area contributed by atoms with Crippen molar-refractivity contribution in [3.05, 3.63) is 29.7 Å². The third kappa shape index (κ3) is 1.64. The zero-order valence-corrected chi connectivity index (χ0v) is 10.2. The van der Waals surface area contributed by atoms with Crippen LogP contribution >= 0.6 is 0 Å². The van der Waals surface area contributed by atoms with E-state index in [0.717, 1.165) is 28.5 Å². The van der Waals surface area contributed by atoms with E-state index in [-0.39, 0.29) is 6.79 Å². The van der Waals surface area contributed by atoms with Gasteiger partial charge in [0.2, 0.25) is 6.79 Å². The highest BCUT2D eigenvalue weighted by Gasteiger charge is 2.16. The molecule has 0 amide bonds. The van der Waals surface area contributed by atoms with Crippen LogP contribution in [0.3, 0.4) is 0 Å². The molecule has 1 aromatic heterocycles. The molecule has 0 atom stereocenters. The highest BCUT2D eigenvalue weighted by atomic mass is 16.7. The number of fused-ring (bicyclic) bond motifs is 1. The van der Waals surface area contributed by atoms with Gasteiger partial charge in [-0.05, 0) is 32.0 Å². The van der Waals surface area contributed by atoms with Gasteiger partial charge in [-0.3, -0.25) is 0 Å². The van der Waals surface area contributed by atoms with Gasteiger partial charge in [-0.1, -0.05) is 0 Å². The highest BCUT2D eigenvalue weighted by Crippen LogP contribution is 2.37. The molecule has 2 heterocycles. The zero-order valence-electron chi connectivity index (χ0n) is 10.2. The third-order valence-corrected chi connectivity index (χ3v) is 2.89. The fourth-order valence-corrected chi connectivity index (χ4v) is 1.99.